The average Bonchev–Trinajstić information content (AvgIpc) is 2.45. The second-order valence-electron chi connectivity index (χ2n) is 4.70. The Morgan fingerprint density at radius 3 is 2.36 bits per heavy atom. The van der Waals surface area contributed by atoms with E-state index in [1.54, 1.807) is 26.8 Å². The van der Waals surface area contributed by atoms with E-state index in [1.807, 2.05) is 0 Å². The molecule has 0 aliphatic rings. The highest BCUT2D eigenvalue weighted by Crippen LogP contribution is 2.19. The predicted octanol–water partition coefficient (Wildman–Crippen LogP) is 2.54. The number of rotatable bonds is 7. The molecule has 1 atom stereocenters. The van der Waals surface area contributed by atoms with Gasteiger partial charge in [-0.25, -0.2) is 0 Å². The van der Waals surface area contributed by atoms with Gasteiger partial charge in [0.1, 0.15) is 6.61 Å². The molecule has 0 heterocycles. The van der Waals surface area contributed by atoms with Crippen molar-refractivity contribution in [3.63, 3.8) is 0 Å². The van der Waals surface area contributed by atoms with Crippen LogP contribution in [-0.4, -0.2) is 23.5 Å². The zero-order valence-electron chi connectivity index (χ0n) is 12.8. The number of nitro groups is 1. The number of hydrogen-bond acceptors (Lipinski definition) is 6. The van der Waals surface area contributed by atoms with Crippen molar-refractivity contribution >= 4 is 17.6 Å². The fourth-order valence-corrected chi connectivity index (χ4v) is 1.94. The first-order valence-electron chi connectivity index (χ1n) is 6.97. The largest absolute Gasteiger partial charge is 0.465 e. The van der Waals surface area contributed by atoms with Gasteiger partial charge in [0.2, 0.25) is 0 Å². The van der Waals surface area contributed by atoms with Gasteiger partial charge in [0.05, 0.1) is 11.5 Å². The molecule has 0 radical (unpaired) electrons. The van der Waals surface area contributed by atoms with Gasteiger partial charge in [0, 0.05) is 11.6 Å². The van der Waals surface area contributed by atoms with Crippen LogP contribution in [0, 0.1) is 23.0 Å². The van der Waals surface area contributed by atoms with Crippen molar-refractivity contribution in [2.24, 2.45) is 5.92 Å². The van der Waals surface area contributed by atoms with Crippen LogP contribution in [0.25, 0.3) is 0 Å². The minimum atomic E-state index is -0.945. The van der Waals surface area contributed by atoms with Gasteiger partial charge >= 0.3 is 11.9 Å². The summed E-state index contributed by atoms with van der Waals surface area (Å²) in [6.45, 7) is 5.11. The molecule has 0 spiro atoms. The van der Waals surface area contributed by atoms with Gasteiger partial charge in [-0.05, 0) is 38.0 Å². The summed E-state index contributed by atoms with van der Waals surface area (Å²) in [6.07, 6.45) is 0.289. The summed E-state index contributed by atoms with van der Waals surface area (Å²) in [5, 5.41) is 10.7. The lowest BCUT2D eigenvalue weighted by Crippen LogP contribution is -2.27. The van der Waals surface area contributed by atoms with E-state index >= 15 is 0 Å². The van der Waals surface area contributed by atoms with Gasteiger partial charge in [-0.3, -0.25) is 19.7 Å². The summed E-state index contributed by atoms with van der Waals surface area (Å²) in [7, 11) is 0. The number of aryl methyl sites for hydroxylation is 1. The molecule has 0 aromatic heterocycles. The molecule has 22 heavy (non-hydrogen) atoms. The first kappa shape index (κ1) is 17.6. The van der Waals surface area contributed by atoms with Crippen molar-refractivity contribution in [3.05, 3.63) is 39.4 Å². The molecule has 1 unspecified atom stereocenters. The van der Waals surface area contributed by atoms with Gasteiger partial charge in [-0.15, -0.1) is 0 Å². The summed E-state index contributed by atoms with van der Waals surface area (Å²) in [6, 6.07) is 4.46. The Morgan fingerprint density at radius 2 is 1.86 bits per heavy atom. The Kier molecular flexibility index (Phi) is 6.49. The molecule has 7 nitrogen and oxygen atoms in total. The number of carbonyl (C=O) groups excluding carboxylic acids is 2. The van der Waals surface area contributed by atoms with Crippen LogP contribution in [0.2, 0.25) is 0 Å². The zero-order chi connectivity index (χ0) is 16.7. The molecule has 0 saturated heterocycles. The highest BCUT2D eigenvalue weighted by Gasteiger charge is 2.27. The van der Waals surface area contributed by atoms with Crippen LogP contribution < -0.4 is 0 Å². The van der Waals surface area contributed by atoms with Crippen molar-refractivity contribution < 1.29 is 24.0 Å². The third-order valence-electron chi connectivity index (χ3n) is 3.10. The smallest absolute Gasteiger partial charge is 0.320 e. The van der Waals surface area contributed by atoms with Crippen molar-refractivity contribution in [1.82, 2.24) is 0 Å². The molecule has 1 rings (SSSR count). The number of hydrogen-bond donors (Lipinski definition) is 0. The number of carbonyl (C=O) groups is 2. The monoisotopic (exact) mass is 309 g/mol. The van der Waals surface area contributed by atoms with Crippen molar-refractivity contribution in [3.8, 4) is 0 Å². The summed E-state index contributed by atoms with van der Waals surface area (Å²) < 4.78 is 9.91. The maximum absolute atomic E-state index is 11.9. The Morgan fingerprint density at radius 1 is 1.23 bits per heavy atom. The lowest BCUT2D eigenvalue weighted by atomic mass is 10.1. The van der Waals surface area contributed by atoms with E-state index in [2.05, 4.69) is 0 Å². The van der Waals surface area contributed by atoms with Gasteiger partial charge in [0.25, 0.3) is 5.69 Å². The molecule has 1 aromatic carbocycles. The molecule has 0 N–H and O–H groups in total. The SMILES string of the molecule is CCOC(=O)C(CC)C(=O)OCc1ccc([N+](=O)[O-])c(C)c1. The highest BCUT2D eigenvalue weighted by molar-refractivity contribution is 5.94. The molecular formula is C15H19NO6. The van der Waals surface area contributed by atoms with Crippen molar-refractivity contribution in [1.29, 1.82) is 0 Å². The van der Waals surface area contributed by atoms with Gasteiger partial charge in [-0.2, -0.15) is 0 Å². The molecule has 1 aromatic rings. The molecular weight excluding hydrogens is 290 g/mol. The van der Waals surface area contributed by atoms with E-state index in [4.69, 9.17) is 9.47 Å². The maximum atomic E-state index is 11.9. The van der Waals surface area contributed by atoms with E-state index in [0.717, 1.165) is 0 Å². The van der Waals surface area contributed by atoms with Crippen LogP contribution in [0.3, 0.4) is 0 Å². The number of benzene rings is 1. The normalized spacial score (nSPS) is 11.6. The number of nitrogens with zero attached hydrogens (tertiary/aromatic N) is 1. The van der Waals surface area contributed by atoms with E-state index in [1.165, 1.54) is 12.1 Å². The molecule has 7 heteroatoms. The first-order valence-corrected chi connectivity index (χ1v) is 6.97. The topological polar surface area (TPSA) is 95.7 Å². The van der Waals surface area contributed by atoms with Crippen LogP contribution in [0.5, 0.6) is 0 Å². The fourth-order valence-electron chi connectivity index (χ4n) is 1.94. The minimum absolute atomic E-state index is 0.00744. The number of ether oxygens (including phenoxy) is 2. The van der Waals surface area contributed by atoms with Crippen molar-refractivity contribution in [2.45, 2.75) is 33.8 Å². The van der Waals surface area contributed by atoms with E-state index in [0.29, 0.717) is 11.1 Å². The molecule has 0 fully saturated rings. The van der Waals surface area contributed by atoms with Crippen molar-refractivity contribution in [2.75, 3.05) is 6.61 Å². The highest BCUT2D eigenvalue weighted by atomic mass is 16.6. The Labute approximate surface area is 128 Å². The maximum Gasteiger partial charge on any atom is 0.320 e. The summed E-state index contributed by atoms with van der Waals surface area (Å²) >= 11 is 0. The van der Waals surface area contributed by atoms with Gasteiger partial charge in [-0.1, -0.05) is 6.92 Å². The van der Waals surface area contributed by atoms with Gasteiger partial charge < -0.3 is 9.47 Å². The zero-order valence-corrected chi connectivity index (χ0v) is 12.8. The molecule has 0 bridgehead atoms. The number of nitro benzene ring substituents is 1. The summed E-state index contributed by atoms with van der Waals surface area (Å²) in [5.41, 5.74) is 1.11. The number of esters is 2. The summed E-state index contributed by atoms with van der Waals surface area (Å²) in [5.74, 6) is -2.20. The van der Waals surface area contributed by atoms with Gasteiger partial charge in [0.15, 0.2) is 5.92 Å². The summed E-state index contributed by atoms with van der Waals surface area (Å²) in [4.78, 5) is 33.8. The minimum Gasteiger partial charge on any atom is -0.465 e. The van der Waals surface area contributed by atoms with Crippen LogP contribution in [-0.2, 0) is 25.7 Å². The Balaban J connectivity index is 2.69. The average molecular weight is 309 g/mol. The molecule has 120 valence electrons. The third-order valence-corrected chi connectivity index (χ3v) is 3.10. The molecule has 0 amide bonds. The van der Waals surface area contributed by atoms with Crippen LogP contribution in [0.4, 0.5) is 5.69 Å². The quantitative estimate of drug-likeness (QED) is 0.332. The van der Waals surface area contributed by atoms with Crippen LogP contribution >= 0.6 is 0 Å². The lowest BCUT2D eigenvalue weighted by molar-refractivity contribution is -0.385. The van der Waals surface area contributed by atoms with E-state index < -0.39 is 22.8 Å². The second-order valence-corrected chi connectivity index (χ2v) is 4.70. The van der Waals surface area contributed by atoms with Crippen LogP contribution in [0.15, 0.2) is 18.2 Å². The second kappa shape index (κ2) is 8.11. The van der Waals surface area contributed by atoms with Crippen LogP contribution in [0.1, 0.15) is 31.4 Å². The molecule has 0 saturated carbocycles. The lowest BCUT2D eigenvalue weighted by Gasteiger charge is -2.13. The van der Waals surface area contributed by atoms with E-state index in [9.17, 15) is 19.7 Å². The first-order chi connectivity index (χ1) is 10.4. The molecule has 0 aliphatic heterocycles. The Bertz CT molecular complexity index is 569. The molecule has 0 aliphatic carbocycles. The Hall–Kier alpha value is -2.44. The fraction of sp³-hybridized carbons (Fsp3) is 0.467. The third kappa shape index (κ3) is 4.54. The predicted molar refractivity (Wildman–Crippen MR) is 78.0 cm³/mol. The standard InChI is InChI=1S/C15H19NO6/c1-4-12(14(17)21-5-2)15(18)22-9-11-6-7-13(16(19)20)10(3)8-11/h6-8,12H,4-5,9H2,1-3H3. The van der Waals surface area contributed by atoms with E-state index in [-0.39, 0.29) is 25.3 Å².